The van der Waals surface area contributed by atoms with E-state index in [4.69, 9.17) is 0 Å². The highest BCUT2D eigenvalue weighted by atomic mass is 16.3. The second-order valence-corrected chi connectivity index (χ2v) is 7.61. The van der Waals surface area contributed by atoms with Crippen LogP contribution in [0.1, 0.15) is 12.0 Å². The first-order valence-corrected chi connectivity index (χ1v) is 9.54. The van der Waals surface area contributed by atoms with Crippen molar-refractivity contribution in [1.82, 2.24) is 0 Å². The Balaban J connectivity index is 1.84. The van der Waals surface area contributed by atoms with Gasteiger partial charge < -0.3 is 5.11 Å². The molecule has 0 aliphatic heterocycles. The summed E-state index contributed by atoms with van der Waals surface area (Å²) in [6.45, 7) is 0. The van der Waals surface area contributed by atoms with Gasteiger partial charge in [0.25, 0.3) is 0 Å². The number of nitroso groups, excluding NO2 is 1. The van der Waals surface area contributed by atoms with E-state index in [2.05, 4.69) is 78.0 Å². The van der Waals surface area contributed by atoms with Gasteiger partial charge in [-0.25, -0.2) is 0 Å². The van der Waals surface area contributed by atoms with Crippen LogP contribution < -0.4 is 10.4 Å². The minimum atomic E-state index is -0.617. The molecule has 0 aromatic heterocycles. The van der Waals surface area contributed by atoms with E-state index in [9.17, 15) is 10.0 Å². The molecule has 2 aromatic carbocycles. The summed E-state index contributed by atoms with van der Waals surface area (Å²) in [6.07, 6.45) is 8.71. The average Bonchev–Trinajstić information content (AvgIpc) is 2.71. The summed E-state index contributed by atoms with van der Waals surface area (Å²) in [5.74, 6) is 0.439. The first-order valence-electron chi connectivity index (χ1n) is 9.54. The predicted octanol–water partition coefficient (Wildman–Crippen LogP) is 2.92. The maximum Gasteiger partial charge on any atom is 0.124 e. The molecule has 5 unspecified atom stereocenters. The molecule has 2 aromatic rings. The number of fused-ring (bicyclic) bond motifs is 2. The van der Waals surface area contributed by atoms with Crippen molar-refractivity contribution in [3.63, 3.8) is 0 Å². The van der Waals surface area contributed by atoms with Crippen LogP contribution in [0.2, 0.25) is 0 Å². The number of aliphatic hydroxyl groups excluding tert-OH is 1. The van der Waals surface area contributed by atoms with Gasteiger partial charge in [-0.3, -0.25) is 0 Å². The summed E-state index contributed by atoms with van der Waals surface area (Å²) in [6, 6.07) is 18.5. The van der Waals surface area contributed by atoms with E-state index < -0.39 is 12.1 Å². The summed E-state index contributed by atoms with van der Waals surface area (Å²) in [5, 5.41) is 15.7. The van der Waals surface area contributed by atoms with E-state index in [1.807, 2.05) is 6.07 Å². The van der Waals surface area contributed by atoms with Crippen LogP contribution in [0.25, 0.3) is 11.1 Å². The highest BCUT2D eigenvalue weighted by Gasteiger charge is 2.47. The van der Waals surface area contributed by atoms with Crippen molar-refractivity contribution < 1.29 is 5.11 Å². The van der Waals surface area contributed by atoms with E-state index in [-0.39, 0.29) is 17.8 Å². The first kappa shape index (κ1) is 16.4. The van der Waals surface area contributed by atoms with Crippen LogP contribution in [-0.2, 0) is 0 Å². The third-order valence-electron chi connectivity index (χ3n) is 6.26. The molecule has 1 N–H and O–H groups in total. The Morgan fingerprint density at radius 2 is 1.52 bits per heavy atom. The lowest BCUT2D eigenvalue weighted by Crippen LogP contribution is -2.51. The van der Waals surface area contributed by atoms with Gasteiger partial charge in [0, 0.05) is 17.8 Å². The fourth-order valence-corrected chi connectivity index (χ4v) is 4.99. The molecule has 5 atom stereocenters. The molecule has 3 aliphatic rings. The molecule has 27 heavy (non-hydrogen) atoms. The molecule has 0 heterocycles. The van der Waals surface area contributed by atoms with Crippen molar-refractivity contribution in [3.05, 3.63) is 99.8 Å². The van der Waals surface area contributed by atoms with Gasteiger partial charge in [-0.2, -0.15) is 4.91 Å². The van der Waals surface area contributed by atoms with Crippen molar-refractivity contribution in [2.75, 3.05) is 0 Å². The largest absolute Gasteiger partial charge is 0.391 e. The second kappa shape index (κ2) is 6.43. The van der Waals surface area contributed by atoms with Crippen LogP contribution in [0.3, 0.4) is 0 Å². The van der Waals surface area contributed by atoms with E-state index >= 15 is 0 Å². The molecule has 0 spiro atoms. The number of benzene rings is 2. The minimum Gasteiger partial charge on any atom is -0.391 e. The smallest absolute Gasteiger partial charge is 0.124 e. The van der Waals surface area contributed by atoms with Gasteiger partial charge in [0.05, 0.1) is 6.10 Å². The van der Waals surface area contributed by atoms with E-state index in [1.54, 1.807) is 0 Å². The Labute approximate surface area is 158 Å². The third-order valence-corrected chi connectivity index (χ3v) is 6.26. The lowest BCUT2D eigenvalue weighted by Gasteiger charge is -2.44. The number of hydrogen-bond acceptors (Lipinski definition) is 3. The molecule has 0 bridgehead atoms. The van der Waals surface area contributed by atoms with Gasteiger partial charge >= 0.3 is 0 Å². The molecule has 3 aliphatic carbocycles. The number of hydrogen-bond donors (Lipinski definition) is 1. The zero-order valence-corrected chi connectivity index (χ0v) is 14.9. The van der Waals surface area contributed by atoms with Crippen LogP contribution in [-0.4, -0.2) is 17.3 Å². The van der Waals surface area contributed by atoms with E-state index in [0.717, 1.165) is 0 Å². The Morgan fingerprint density at radius 3 is 2.22 bits per heavy atom. The first-order chi connectivity index (χ1) is 13.3. The number of nitrogens with zero attached hydrogens (tertiary/aromatic N) is 1. The standard InChI is InChI=1S/C24H21NO2/c26-21-14-20(24(21)25-27)23-18-12-6-4-10-16(18)22(15-8-2-1-3-9-15)17-11-5-7-13-19(17)23/h1-13,16,18,20-21,24,26H,14H2. The Hall–Kier alpha value is -2.78. The van der Waals surface area contributed by atoms with E-state index in [1.165, 1.54) is 27.1 Å². The van der Waals surface area contributed by atoms with Gasteiger partial charge in [-0.1, -0.05) is 84.1 Å². The van der Waals surface area contributed by atoms with Crippen LogP contribution >= 0.6 is 0 Å². The lowest BCUT2D eigenvalue weighted by atomic mass is 9.62. The van der Waals surface area contributed by atoms with Crippen molar-refractivity contribution in [2.24, 2.45) is 22.9 Å². The van der Waals surface area contributed by atoms with Crippen molar-refractivity contribution >= 4 is 11.1 Å². The maximum atomic E-state index is 11.3. The summed E-state index contributed by atoms with van der Waals surface area (Å²) >= 11 is 0. The van der Waals surface area contributed by atoms with Crippen LogP contribution in [0.15, 0.2) is 84.1 Å². The molecular formula is C24H21NO2. The Kier molecular flexibility index (Phi) is 3.91. The Morgan fingerprint density at radius 1 is 0.852 bits per heavy atom. The van der Waals surface area contributed by atoms with Crippen LogP contribution in [0, 0.1) is 22.7 Å². The molecule has 0 radical (unpaired) electrons. The molecule has 1 saturated carbocycles. The van der Waals surface area contributed by atoms with Gasteiger partial charge in [0.2, 0.25) is 0 Å². The highest BCUT2D eigenvalue weighted by Crippen LogP contribution is 2.46. The molecule has 0 saturated heterocycles. The number of aliphatic hydroxyl groups is 1. The average molecular weight is 355 g/mol. The summed E-state index contributed by atoms with van der Waals surface area (Å²) in [4.78, 5) is 11.3. The Bertz CT molecular complexity index is 1070. The van der Waals surface area contributed by atoms with E-state index in [0.29, 0.717) is 6.42 Å². The lowest BCUT2D eigenvalue weighted by molar-refractivity contribution is 0.0371. The molecule has 3 nitrogen and oxygen atoms in total. The third kappa shape index (κ3) is 2.46. The SMILES string of the molecule is O=NC1C(O)CC1C1=c2ccccc2=C(c2ccccc2)C2C=CC=CC12. The number of allylic oxidation sites excluding steroid dienone is 4. The summed E-state index contributed by atoms with van der Waals surface area (Å²) < 4.78 is 0. The molecule has 3 heteroatoms. The maximum absolute atomic E-state index is 11.3. The highest BCUT2D eigenvalue weighted by molar-refractivity contribution is 5.76. The van der Waals surface area contributed by atoms with Crippen LogP contribution in [0.4, 0.5) is 0 Å². The predicted molar refractivity (Wildman–Crippen MR) is 107 cm³/mol. The second-order valence-electron chi connectivity index (χ2n) is 7.61. The zero-order valence-electron chi connectivity index (χ0n) is 14.9. The quantitative estimate of drug-likeness (QED) is 0.861. The fourth-order valence-electron chi connectivity index (χ4n) is 4.99. The molecule has 5 rings (SSSR count). The summed E-state index contributed by atoms with van der Waals surface area (Å²) in [7, 11) is 0. The minimum absolute atomic E-state index is 0.0135. The fraction of sp³-hybridized carbons (Fsp3) is 0.250. The van der Waals surface area contributed by atoms with Gasteiger partial charge in [-0.15, -0.1) is 0 Å². The molecule has 0 amide bonds. The monoisotopic (exact) mass is 355 g/mol. The van der Waals surface area contributed by atoms with Crippen molar-refractivity contribution in [2.45, 2.75) is 18.6 Å². The molecule has 134 valence electrons. The van der Waals surface area contributed by atoms with Crippen LogP contribution in [0.5, 0.6) is 0 Å². The van der Waals surface area contributed by atoms with Crippen molar-refractivity contribution in [1.29, 1.82) is 0 Å². The van der Waals surface area contributed by atoms with Crippen molar-refractivity contribution in [3.8, 4) is 0 Å². The molecular weight excluding hydrogens is 334 g/mol. The topological polar surface area (TPSA) is 49.7 Å². The van der Waals surface area contributed by atoms with Gasteiger partial charge in [-0.05, 0) is 33.6 Å². The number of rotatable bonds is 3. The zero-order chi connectivity index (χ0) is 18.4. The molecule has 1 fully saturated rings. The normalized spacial score (nSPS) is 31.1. The van der Waals surface area contributed by atoms with Gasteiger partial charge in [0.1, 0.15) is 6.04 Å². The van der Waals surface area contributed by atoms with Gasteiger partial charge in [0.15, 0.2) is 0 Å². The summed E-state index contributed by atoms with van der Waals surface area (Å²) in [5.41, 5.74) is 3.82.